The molecule has 4 aromatic carbocycles. The van der Waals surface area contributed by atoms with E-state index >= 15 is 8.78 Å². The van der Waals surface area contributed by atoms with Gasteiger partial charge in [0, 0.05) is 48.4 Å². The molecule has 67 heavy (non-hydrogen) atoms. The topological polar surface area (TPSA) is 97.2 Å². The number of rotatable bonds is 12. The van der Waals surface area contributed by atoms with Crippen molar-refractivity contribution < 1.29 is 49.9 Å². The quantitative estimate of drug-likeness (QED) is 0.0740. The third-order valence-corrected chi connectivity index (χ3v) is 12.3. The summed E-state index contributed by atoms with van der Waals surface area (Å²) >= 11 is 12.2. The van der Waals surface area contributed by atoms with Gasteiger partial charge in [-0.05, 0) is 121 Å². The Hall–Kier alpha value is -4.50. The Morgan fingerprint density at radius 1 is 0.716 bits per heavy atom. The molecule has 0 amide bonds. The number of halogens is 5. The van der Waals surface area contributed by atoms with E-state index in [4.69, 9.17) is 37.4 Å². The van der Waals surface area contributed by atoms with Crippen LogP contribution < -0.4 is 36.3 Å². The zero-order valence-corrected chi connectivity index (χ0v) is 43.2. The second-order valence-electron chi connectivity index (χ2n) is 16.5. The number of hydrogen-bond donors (Lipinski definition) is 1. The molecule has 2 aliphatic heterocycles. The van der Waals surface area contributed by atoms with E-state index in [2.05, 4.69) is 14.9 Å². The van der Waals surface area contributed by atoms with Crippen LogP contribution in [-0.2, 0) is 22.4 Å². The largest absolute Gasteiger partial charge is 2.00 e. The first-order valence-corrected chi connectivity index (χ1v) is 22.0. The molecular formula is C52H55BrCl2F2MgN4O5. The minimum absolute atomic E-state index is 0. The summed E-state index contributed by atoms with van der Waals surface area (Å²) in [6.07, 6.45) is 7.93. The van der Waals surface area contributed by atoms with Gasteiger partial charge in [0.1, 0.15) is 40.8 Å². The average Bonchev–Trinajstić information content (AvgIpc) is 4.00. The molecule has 2 fully saturated rings. The predicted octanol–water partition coefficient (Wildman–Crippen LogP) is 8.24. The minimum atomic E-state index is -0.792. The van der Waals surface area contributed by atoms with E-state index in [1.807, 2.05) is 49.1 Å². The fraction of sp³-hybridized carbons (Fsp3) is 0.308. The summed E-state index contributed by atoms with van der Waals surface area (Å²) in [5.41, 5.74) is 4.20. The van der Waals surface area contributed by atoms with Gasteiger partial charge in [-0.15, -0.1) is 0 Å². The fourth-order valence-corrected chi connectivity index (χ4v) is 9.04. The first-order valence-electron chi connectivity index (χ1n) is 21.3. The molecule has 8 rings (SSSR count). The molecule has 0 aliphatic carbocycles. The number of esters is 1. The molecule has 6 aromatic rings. The molecule has 0 radical (unpaired) electrons. The van der Waals surface area contributed by atoms with Crippen LogP contribution in [0.1, 0.15) is 61.8 Å². The Morgan fingerprint density at radius 3 is 1.60 bits per heavy atom. The van der Waals surface area contributed by atoms with E-state index in [9.17, 15) is 9.90 Å². The molecule has 9 nitrogen and oxygen atoms in total. The van der Waals surface area contributed by atoms with Crippen molar-refractivity contribution >= 4 is 63.9 Å². The number of benzene rings is 4. The van der Waals surface area contributed by atoms with Gasteiger partial charge in [0.25, 0.3) is 0 Å². The predicted molar refractivity (Wildman–Crippen MR) is 262 cm³/mol. The van der Waals surface area contributed by atoms with Crippen molar-refractivity contribution in [1.29, 1.82) is 0 Å². The number of carbonyl (C=O) groups is 1. The maximum atomic E-state index is 15.6. The van der Waals surface area contributed by atoms with Crippen molar-refractivity contribution in [3.63, 3.8) is 0 Å². The summed E-state index contributed by atoms with van der Waals surface area (Å²) < 4.78 is 46.8. The normalized spacial score (nSPS) is 15.3. The Kier molecular flexibility index (Phi) is 20.3. The zero-order chi connectivity index (χ0) is 45.5. The van der Waals surface area contributed by atoms with Gasteiger partial charge in [0.05, 0.1) is 44.1 Å². The van der Waals surface area contributed by atoms with E-state index in [1.54, 1.807) is 79.1 Å². The van der Waals surface area contributed by atoms with Crippen LogP contribution in [0, 0.1) is 19.1 Å². The average molecular weight is 1030 g/mol. The van der Waals surface area contributed by atoms with Gasteiger partial charge in [-0.25, -0.2) is 23.5 Å². The number of ether oxygens (including phenoxy) is 3. The molecule has 0 bridgehead atoms. The summed E-state index contributed by atoms with van der Waals surface area (Å²) in [6.45, 7) is 5.31. The Balaban J connectivity index is 0.000000280. The van der Waals surface area contributed by atoms with E-state index in [0.29, 0.717) is 67.8 Å². The first kappa shape index (κ1) is 55.1. The van der Waals surface area contributed by atoms with Gasteiger partial charge in [-0.3, -0.25) is 0 Å². The molecule has 15 heteroatoms. The summed E-state index contributed by atoms with van der Waals surface area (Å²) in [5.74, 6) is 1.56. The van der Waals surface area contributed by atoms with Crippen molar-refractivity contribution in [2.24, 2.45) is 0 Å². The van der Waals surface area contributed by atoms with Crippen molar-refractivity contribution in [1.82, 2.24) is 9.97 Å². The molecule has 4 heterocycles. The summed E-state index contributed by atoms with van der Waals surface area (Å²) in [4.78, 5) is 25.3. The van der Waals surface area contributed by atoms with Crippen LogP contribution in [0.2, 0.25) is 10.0 Å². The van der Waals surface area contributed by atoms with Crippen molar-refractivity contribution in [3.05, 3.63) is 161 Å². The van der Waals surface area contributed by atoms with Crippen LogP contribution in [0.15, 0.2) is 109 Å². The third-order valence-electron chi connectivity index (χ3n) is 11.8. The van der Waals surface area contributed by atoms with Crippen molar-refractivity contribution in [3.8, 4) is 33.8 Å². The van der Waals surface area contributed by atoms with Gasteiger partial charge in [-0.2, -0.15) is 0 Å². The van der Waals surface area contributed by atoms with Crippen LogP contribution >= 0.6 is 23.2 Å². The fourth-order valence-electron chi connectivity index (χ4n) is 8.66. The van der Waals surface area contributed by atoms with Crippen LogP contribution in [0.5, 0.6) is 11.5 Å². The molecule has 2 saturated heterocycles. The standard InChI is InChI=1S/C26H28ClFN2O2.C25H24ClFN2O3.CH3.BrH.Mg/c1-26(2,31)22-8-5-13-30(22)23-12-9-17(16-29-23)14-19-10-11-21(32-3)24(25(19)28)18-6-4-7-20(27)15-18;1-31-21-10-9-18(24(27)23(21)17-5-3-6-19(26)14-17)13-16-8-11-22(28-15-16)29-12-4-7-20(29)25(30)32-2;;;/h4,6-7,9-12,15-16,22,31H,5,8,13-14H2,1-3H3;3,5-6,8-11,14-15,20H,4,7,12-13H2,1-2H3;1H3;1H;/q;;-1;;+2/p-1/t22-;20-;;;/m00.../s1. The van der Waals surface area contributed by atoms with E-state index in [1.165, 1.54) is 21.3 Å². The molecule has 0 saturated carbocycles. The Labute approximate surface area is 429 Å². The van der Waals surface area contributed by atoms with Crippen LogP contribution in [0.25, 0.3) is 22.3 Å². The second kappa shape index (κ2) is 24.7. The number of aliphatic hydroxyl groups is 1. The smallest absolute Gasteiger partial charge is 1.00 e. The maximum absolute atomic E-state index is 15.6. The number of anilines is 2. The second-order valence-corrected chi connectivity index (χ2v) is 17.4. The molecule has 0 spiro atoms. The summed E-state index contributed by atoms with van der Waals surface area (Å²) in [5, 5.41) is 11.6. The molecule has 1 N–H and O–H groups in total. The molecular weight excluding hydrogens is 974 g/mol. The number of nitrogens with zero attached hydrogens (tertiary/aromatic N) is 4. The number of carbonyl (C=O) groups excluding carboxylic acids is 1. The van der Waals surface area contributed by atoms with E-state index in [-0.39, 0.29) is 77.1 Å². The van der Waals surface area contributed by atoms with Gasteiger partial charge in [-0.1, -0.05) is 71.7 Å². The Bertz CT molecular complexity index is 2590. The van der Waals surface area contributed by atoms with Crippen LogP contribution in [0.3, 0.4) is 0 Å². The third kappa shape index (κ3) is 13.0. The molecule has 350 valence electrons. The van der Waals surface area contributed by atoms with Crippen LogP contribution in [0.4, 0.5) is 20.4 Å². The monoisotopic (exact) mass is 1030 g/mol. The van der Waals surface area contributed by atoms with Gasteiger partial charge in [0.15, 0.2) is 0 Å². The van der Waals surface area contributed by atoms with Crippen molar-refractivity contribution in [2.75, 3.05) is 44.2 Å². The SMILES string of the molecule is COC(=O)[C@@H]1CCCN1c1ccc(Cc2ccc(OC)c(-c3cccc(Cl)c3)c2F)cn1.COc1ccc(Cc2ccc(N3CCC[C@H]3C(C)(C)O)nc2)c(F)c1-c1cccc(Cl)c1.[Br-].[CH3-].[Mg+2]. The minimum Gasteiger partial charge on any atom is -1.00 e. The molecule has 0 unspecified atom stereocenters. The van der Waals surface area contributed by atoms with Gasteiger partial charge < -0.3 is 53.5 Å². The molecule has 2 aliphatic rings. The van der Waals surface area contributed by atoms with E-state index in [0.717, 1.165) is 61.5 Å². The number of pyridine rings is 2. The molecule has 2 aromatic heterocycles. The van der Waals surface area contributed by atoms with Gasteiger partial charge in [0.2, 0.25) is 0 Å². The van der Waals surface area contributed by atoms with Crippen LogP contribution in [-0.4, -0.2) is 96.2 Å². The zero-order valence-electron chi connectivity index (χ0n) is 38.7. The number of methoxy groups -OCH3 is 3. The number of hydrogen-bond acceptors (Lipinski definition) is 9. The van der Waals surface area contributed by atoms with Gasteiger partial charge >= 0.3 is 29.0 Å². The molecule has 2 atom stereocenters. The Morgan fingerprint density at radius 2 is 1.18 bits per heavy atom. The maximum Gasteiger partial charge on any atom is 2.00 e. The summed E-state index contributed by atoms with van der Waals surface area (Å²) in [6, 6.07) is 28.6. The number of aromatic nitrogens is 2. The van der Waals surface area contributed by atoms with Crippen molar-refractivity contribution in [2.45, 2.75) is 70.1 Å². The van der Waals surface area contributed by atoms with E-state index < -0.39 is 5.60 Å². The summed E-state index contributed by atoms with van der Waals surface area (Å²) in [7, 11) is 4.45. The first-order chi connectivity index (χ1) is 30.8.